The molecule has 0 radical (unpaired) electrons. The van der Waals surface area contributed by atoms with Gasteiger partial charge in [-0.3, -0.25) is 0 Å². The summed E-state index contributed by atoms with van der Waals surface area (Å²) < 4.78 is 10.9. The van der Waals surface area contributed by atoms with E-state index in [1.807, 2.05) is 18.2 Å². The summed E-state index contributed by atoms with van der Waals surface area (Å²) in [4.78, 5) is 0. The summed E-state index contributed by atoms with van der Waals surface area (Å²) in [6.45, 7) is 1.14. The molecule has 1 aromatic carbocycles. The lowest BCUT2D eigenvalue weighted by molar-refractivity contribution is 0.200. The summed E-state index contributed by atoms with van der Waals surface area (Å²) in [5.41, 5.74) is 12.7. The summed E-state index contributed by atoms with van der Waals surface area (Å²) >= 11 is 0. The largest absolute Gasteiger partial charge is 0.497 e. The topological polar surface area (TPSA) is 70.5 Å². The zero-order chi connectivity index (χ0) is 11.5. The number of ether oxygens (including phenoxy) is 2. The summed E-state index contributed by atoms with van der Waals surface area (Å²) in [5.74, 6) is 2.08. The molecule has 1 aliphatic heterocycles. The van der Waals surface area contributed by atoms with E-state index in [0.717, 1.165) is 23.5 Å². The molecule has 88 valence electrons. The highest BCUT2D eigenvalue weighted by molar-refractivity contribution is 5.41. The van der Waals surface area contributed by atoms with Crippen molar-refractivity contribution in [2.75, 3.05) is 20.3 Å². The van der Waals surface area contributed by atoms with Gasteiger partial charge in [-0.15, -0.1) is 0 Å². The lowest BCUT2D eigenvalue weighted by Crippen LogP contribution is -2.42. The third-order valence-corrected chi connectivity index (χ3v) is 3.08. The Morgan fingerprint density at radius 1 is 1.56 bits per heavy atom. The van der Waals surface area contributed by atoms with Crippen LogP contribution in [0.25, 0.3) is 0 Å². The van der Waals surface area contributed by atoms with Crippen molar-refractivity contribution in [3.63, 3.8) is 0 Å². The molecule has 0 spiro atoms. The quantitative estimate of drug-likeness (QED) is 0.782. The maximum absolute atomic E-state index is 5.94. The number of hydrogen-bond donors (Lipinski definition) is 2. The first-order chi connectivity index (χ1) is 7.74. The molecule has 0 saturated carbocycles. The molecule has 0 aliphatic carbocycles. The third kappa shape index (κ3) is 2.13. The number of methoxy groups -OCH3 is 1. The highest BCUT2D eigenvalue weighted by Gasteiger charge is 2.24. The Morgan fingerprint density at radius 3 is 3.06 bits per heavy atom. The van der Waals surface area contributed by atoms with Gasteiger partial charge < -0.3 is 20.9 Å². The van der Waals surface area contributed by atoms with Crippen LogP contribution in [0.1, 0.15) is 5.56 Å². The second-order valence-corrected chi connectivity index (χ2v) is 4.15. The van der Waals surface area contributed by atoms with Crippen molar-refractivity contribution in [1.29, 1.82) is 0 Å². The molecule has 1 aliphatic rings. The molecule has 4 heteroatoms. The third-order valence-electron chi connectivity index (χ3n) is 3.08. The van der Waals surface area contributed by atoms with Gasteiger partial charge in [-0.25, -0.2) is 0 Å². The fourth-order valence-corrected chi connectivity index (χ4v) is 1.99. The molecular formula is C12H18N2O2. The van der Waals surface area contributed by atoms with E-state index in [1.54, 1.807) is 7.11 Å². The van der Waals surface area contributed by atoms with E-state index in [2.05, 4.69) is 0 Å². The van der Waals surface area contributed by atoms with Crippen LogP contribution in [0.3, 0.4) is 0 Å². The van der Waals surface area contributed by atoms with Crippen LogP contribution in [0, 0.1) is 5.92 Å². The van der Waals surface area contributed by atoms with Crippen molar-refractivity contribution in [3.8, 4) is 11.5 Å². The zero-order valence-electron chi connectivity index (χ0n) is 9.48. The Morgan fingerprint density at radius 2 is 2.38 bits per heavy atom. The van der Waals surface area contributed by atoms with Crippen LogP contribution < -0.4 is 20.9 Å². The summed E-state index contributed by atoms with van der Waals surface area (Å²) in [6.07, 6.45) is 0.908. The molecule has 0 amide bonds. The molecular weight excluding hydrogens is 204 g/mol. The molecule has 0 saturated heterocycles. The number of hydrogen-bond acceptors (Lipinski definition) is 4. The van der Waals surface area contributed by atoms with Gasteiger partial charge in [0.05, 0.1) is 13.7 Å². The smallest absolute Gasteiger partial charge is 0.122 e. The van der Waals surface area contributed by atoms with E-state index in [1.165, 1.54) is 0 Å². The molecule has 4 N–H and O–H groups in total. The normalized spacial score (nSPS) is 20.8. The second-order valence-electron chi connectivity index (χ2n) is 4.15. The minimum Gasteiger partial charge on any atom is -0.497 e. The summed E-state index contributed by atoms with van der Waals surface area (Å²) in [7, 11) is 1.66. The monoisotopic (exact) mass is 222 g/mol. The van der Waals surface area contributed by atoms with Gasteiger partial charge in [0.2, 0.25) is 0 Å². The Kier molecular flexibility index (Phi) is 3.31. The van der Waals surface area contributed by atoms with E-state index in [0.29, 0.717) is 19.1 Å². The molecule has 1 heterocycles. The molecule has 2 unspecified atom stereocenters. The van der Waals surface area contributed by atoms with Crippen LogP contribution in [0.2, 0.25) is 0 Å². The van der Waals surface area contributed by atoms with Crippen molar-refractivity contribution >= 4 is 0 Å². The minimum atomic E-state index is -0.000601. The number of fused-ring (bicyclic) bond motifs is 1. The average molecular weight is 222 g/mol. The maximum atomic E-state index is 5.94. The number of nitrogens with two attached hydrogens (primary N) is 2. The van der Waals surface area contributed by atoms with Crippen molar-refractivity contribution in [1.82, 2.24) is 0 Å². The molecule has 2 rings (SSSR count). The standard InChI is InChI=1S/C12H18N2O2/c1-15-10-2-3-12-8(5-10)4-9(7-16-12)11(14)6-13/h2-3,5,9,11H,4,6-7,13-14H2,1H3. The van der Waals surface area contributed by atoms with Gasteiger partial charge in [0.1, 0.15) is 11.5 Å². The molecule has 4 nitrogen and oxygen atoms in total. The van der Waals surface area contributed by atoms with E-state index >= 15 is 0 Å². The van der Waals surface area contributed by atoms with Crippen LogP contribution in [0.15, 0.2) is 18.2 Å². The highest BCUT2D eigenvalue weighted by Crippen LogP contribution is 2.31. The summed E-state index contributed by atoms with van der Waals surface area (Å²) in [6, 6.07) is 5.85. The van der Waals surface area contributed by atoms with E-state index in [9.17, 15) is 0 Å². The predicted molar refractivity (Wildman–Crippen MR) is 62.7 cm³/mol. The van der Waals surface area contributed by atoms with E-state index in [-0.39, 0.29) is 6.04 Å². The predicted octanol–water partition coefficient (Wildman–Crippen LogP) is 0.532. The average Bonchev–Trinajstić information content (AvgIpc) is 2.36. The first kappa shape index (κ1) is 11.2. The van der Waals surface area contributed by atoms with E-state index in [4.69, 9.17) is 20.9 Å². The molecule has 16 heavy (non-hydrogen) atoms. The van der Waals surface area contributed by atoms with Gasteiger partial charge in [0.25, 0.3) is 0 Å². The van der Waals surface area contributed by atoms with E-state index < -0.39 is 0 Å². The number of benzene rings is 1. The Hall–Kier alpha value is -1.26. The van der Waals surface area contributed by atoms with Crippen LogP contribution in [-0.2, 0) is 6.42 Å². The van der Waals surface area contributed by atoms with Crippen LogP contribution >= 0.6 is 0 Å². The van der Waals surface area contributed by atoms with Gasteiger partial charge in [0, 0.05) is 18.5 Å². The fourth-order valence-electron chi connectivity index (χ4n) is 1.99. The van der Waals surface area contributed by atoms with Gasteiger partial charge in [-0.2, -0.15) is 0 Å². The first-order valence-corrected chi connectivity index (χ1v) is 5.50. The zero-order valence-corrected chi connectivity index (χ0v) is 9.48. The van der Waals surface area contributed by atoms with Gasteiger partial charge in [-0.1, -0.05) is 0 Å². The van der Waals surface area contributed by atoms with Gasteiger partial charge in [-0.05, 0) is 30.2 Å². The Balaban J connectivity index is 2.18. The Bertz CT molecular complexity index is 368. The SMILES string of the molecule is COc1ccc2c(c1)CC(C(N)CN)CO2. The lowest BCUT2D eigenvalue weighted by Gasteiger charge is -2.29. The highest BCUT2D eigenvalue weighted by atomic mass is 16.5. The number of rotatable bonds is 3. The van der Waals surface area contributed by atoms with Crippen molar-refractivity contribution in [2.45, 2.75) is 12.5 Å². The van der Waals surface area contributed by atoms with Crippen molar-refractivity contribution in [3.05, 3.63) is 23.8 Å². The second kappa shape index (κ2) is 4.72. The van der Waals surface area contributed by atoms with Crippen molar-refractivity contribution in [2.24, 2.45) is 17.4 Å². The van der Waals surface area contributed by atoms with Crippen molar-refractivity contribution < 1.29 is 9.47 Å². The van der Waals surface area contributed by atoms with Gasteiger partial charge in [0.15, 0.2) is 0 Å². The molecule has 2 atom stereocenters. The van der Waals surface area contributed by atoms with Crippen LogP contribution in [0.4, 0.5) is 0 Å². The molecule has 0 aromatic heterocycles. The maximum Gasteiger partial charge on any atom is 0.122 e. The lowest BCUT2D eigenvalue weighted by atomic mass is 9.91. The Labute approximate surface area is 95.5 Å². The molecule has 0 fully saturated rings. The minimum absolute atomic E-state index is 0.000601. The molecule has 1 aromatic rings. The summed E-state index contributed by atoms with van der Waals surface area (Å²) in [5, 5.41) is 0. The first-order valence-electron chi connectivity index (χ1n) is 5.50. The fraction of sp³-hybridized carbons (Fsp3) is 0.500. The van der Waals surface area contributed by atoms with Gasteiger partial charge >= 0.3 is 0 Å². The van der Waals surface area contributed by atoms with Crippen LogP contribution in [0.5, 0.6) is 11.5 Å². The molecule has 0 bridgehead atoms. The van der Waals surface area contributed by atoms with Crippen LogP contribution in [-0.4, -0.2) is 26.3 Å².